The lowest BCUT2D eigenvalue weighted by Gasteiger charge is -2.18. The van der Waals surface area contributed by atoms with Crippen molar-refractivity contribution in [3.8, 4) is 5.75 Å². The predicted octanol–water partition coefficient (Wildman–Crippen LogP) is 5.34. The third-order valence-electron chi connectivity index (χ3n) is 3.59. The lowest BCUT2D eigenvalue weighted by molar-refractivity contribution is -0.00641. The van der Waals surface area contributed by atoms with E-state index in [9.17, 15) is 26.0 Å². The molecule has 0 saturated heterocycles. The van der Waals surface area contributed by atoms with Crippen molar-refractivity contribution < 1.29 is 30.7 Å². The van der Waals surface area contributed by atoms with Crippen LogP contribution < -0.4 is 4.74 Å². The van der Waals surface area contributed by atoms with Crippen LogP contribution in [0.2, 0.25) is 5.02 Å². The number of rotatable bonds is 4. The molecule has 0 aliphatic heterocycles. The molecule has 0 heterocycles. The molecular formula is C17H15ClF4O3S. The van der Waals surface area contributed by atoms with Gasteiger partial charge in [0.05, 0.1) is 0 Å². The number of benzene rings is 1. The van der Waals surface area contributed by atoms with Crippen LogP contribution in [0.25, 0.3) is 0 Å². The minimum atomic E-state index is -4.30. The van der Waals surface area contributed by atoms with Crippen molar-refractivity contribution in [1.82, 2.24) is 0 Å². The quantitative estimate of drug-likeness (QED) is 0.629. The molecule has 9 heteroatoms. The van der Waals surface area contributed by atoms with Gasteiger partial charge in [-0.2, -0.15) is 0 Å². The number of sulfone groups is 1. The summed E-state index contributed by atoms with van der Waals surface area (Å²) in [5.74, 6) is -4.25. The van der Waals surface area contributed by atoms with E-state index in [0.29, 0.717) is 0 Å². The van der Waals surface area contributed by atoms with Crippen molar-refractivity contribution in [1.29, 1.82) is 0 Å². The lowest BCUT2D eigenvalue weighted by Crippen LogP contribution is -2.19. The second-order valence-electron chi connectivity index (χ2n) is 5.73. The van der Waals surface area contributed by atoms with Gasteiger partial charge in [-0.1, -0.05) is 18.2 Å². The van der Waals surface area contributed by atoms with Crippen LogP contribution in [0, 0.1) is 5.82 Å². The molecule has 0 amide bonds. The number of halogens is 5. The Labute approximate surface area is 153 Å². The summed E-state index contributed by atoms with van der Waals surface area (Å²) in [4.78, 5) is -0.479. The number of allylic oxidation sites excluding steroid dienone is 4. The molecule has 1 aromatic carbocycles. The molecule has 142 valence electrons. The Kier molecular flexibility index (Phi) is 6.18. The third-order valence-corrected chi connectivity index (χ3v) is 5.23. The highest BCUT2D eigenvalue weighted by Crippen LogP contribution is 2.35. The standard InChI is InChI=1S/C17H15ClF4O3S/c1-11-9-17(21,22)5-4-15(26(23,24)10-19)2-3-16(11)25-14-7-12(18)6-13(20)8-14/h2-3,6-8H,1,4-5,9-10H2/b15-2+,16-3?. The van der Waals surface area contributed by atoms with E-state index in [1.165, 1.54) is 6.07 Å². The van der Waals surface area contributed by atoms with Gasteiger partial charge < -0.3 is 4.74 Å². The van der Waals surface area contributed by atoms with E-state index in [-0.39, 0.29) is 22.1 Å². The van der Waals surface area contributed by atoms with Gasteiger partial charge in [0.25, 0.3) is 5.92 Å². The molecule has 0 radical (unpaired) electrons. The third kappa shape index (κ3) is 5.35. The van der Waals surface area contributed by atoms with Crippen molar-refractivity contribution in [3.63, 3.8) is 0 Å². The van der Waals surface area contributed by atoms with Crippen molar-refractivity contribution in [2.24, 2.45) is 0 Å². The first-order valence-electron chi connectivity index (χ1n) is 7.42. The van der Waals surface area contributed by atoms with Crippen molar-refractivity contribution in [2.45, 2.75) is 25.2 Å². The fourth-order valence-corrected chi connectivity index (χ4v) is 3.35. The SMILES string of the molecule is C=C1CC(F)(F)CC/C(S(=O)(=O)CF)=C\C=C1Oc1cc(F)cc(Cl)c1. The molecular weight excluding hydrogens is 396 g/mol. The van der Waals surface area contributed by atoms with Crippen LogP contribution in [0.4, 0.5) is 17.6 Å². The van der Waals surface area contributed by atoms with Crippen LogP contribution in [0.15, 0.2) is 53.2 Å². The second kappa shape index (κ2) is 7.84. The Morgan fingerprint density at radius 2 is 1.92 bits per heavy atom. The van der Waals surface area contributed by atoms with E-state index < -0.39 is 51.8 Å². The van der Waals surface area contributed by atoms with Gasteiger partial charge in [-0.3, -0.25) is 0 Å². The Balaban J connectivity index is 2.46. The smallest absolute Gasteiger partial charge is 0.252 e. The van der Waals surface area contributed by atoms with E-state index in [0.717, 1.165) is 24.3 Å². The van der Waals surface area contributed by atoms with Gasteiger partial charge in [-0.05, 0) is 36.3 Å². The summed E-state index contributed by atoms with van der Waals surface area (Å²) in [5.41, 5.74) is -0.120. The zero-order valence-corrected chi connectivity index (χ0v) is 15.0. The zero-order chi connectivity index (χ0) is 19.5. The Morgan fingerprint density at radius 3 is 2.54 bits per heavy atom. The van der Waals surface area contributed by atoms with Crippen LogP contribution >= 0.6 is 11.6 Å². The summed E-state index contributed by atoms with van der Waals surface area (Å²) in [6, 6.07) is 1.57. The molecule has 1 aromatic rings. The molecule has 26 heavy (non-hydrogen) atoms. The molecule has 3 nitrogen and oxygen atoms in total. The number of hydrogen-bond donors (Lipinski definition) is 0. The fraction of sp³-hybridized carbons (Fsp3) is 0.294. The molecule has 0 N–H and O–H groups in total. The average Bonchev–Trinajstić information content (AvgIpc) is 2.56. The van der Waals surface area contributed by atoms with E-state index in [1.807, 2.05) is 0 Å². The van der Waals surface area contributed by atoms with Crippen LogP contribution in [0.5, 0.6) is 5.75 Å². The molecule has 0 aromatic heterocycles. The van der Waals surface area contributed by atoms with Crippen LogP contribution in [-0.4, -0.2) is 20.3 Å². The first-order valence-corrected chi connectivity index (χ1v) is 9.45. The molecule has 0 bridgehead atoms. The molecule has 1 aliphatic carbocycles. The minimum Gasteiger partial charge on any atom is -0.457 e. The van der Waals surface area contributed by atoms with Gasteiger partial charge in [0.15, 0.2) is 6.01 Å². The number of alkyl halides is 3. The van der Waals surface area contributed by atoms with E-state index in [2.05, 4.69) is 6.58 Å². The zero-order valence-electron chi connectivity index (χ0n) is 13.4. The molecule has 0 spiro atoms. The molecule has 0 saturated carbocycles. The molecule has 0 atom stereocenters. The molecule has 0 fully saturated rings. The van der Waals surface area contributed by atoms with Crippen molar-refractivity contribution >= 4 is 21.4 Å². The van der Waals surface area contributed by atoms with Gasteiger partial charge in [-0.15, -0.1) is 0 Å². The minimum absolute atomic E-state index is 0.0239. The molecule has 2 rings (SSSR count). The van der Waals surface area contributed by atoms with Gasteiger partial charge in [0.1, 0.15) is 17.3 Å². The van der Waals surface area contributed by atoms with Gasteiger partial charge >= 0.3 is 0 Å². The normalized spacial score (nSPS) is 20.3. The van der Waals surface area contributed by atoms with Gasteiger partial charge in [0.2, 0.25) is 9.84 Å². The van der Waals surface area contributed by atoms with Crippen LogP contribution in [0.1, 0.15) is 19.3 Å². The highest BCUT2D eigenvalue weighted by molar-refractivity contribution is 7.95. The fourth-order valence-electron chi connectivity index (χ4n) is 2.31. The first-order chi connectivity index (χ1) is 12.0. The highest BCUT2D eigenvalue weighted by Gasteiger charge is 2.33. The Bertz CT molecular complexity index is 856. The van der Waals surface area contributed by atoms with Crippen LogP contribution in [0.3, 0.4) is 0 Å². The summed E-state index contributed by atoms with van der Waals surface area (Å²) >= 11 is 5.72. The largest absolute Gasteiger partial charge is 0.457 e. The van der Waals surface area contributed by atoms with Crippen molar-refractivity contribution in [3.05, 3.63) is 64.0 Å². The maximum absolute atomic E-state index is 14.0. The lowest BCUT2D eigenvalue weighted by atomic mass is 10.0. The maximum atomic E-state index is 14.0. The Morgan fingerprint density at radius 1 is 1.23 bits per heavy atom. The predicted molar refractivity (Wildman–Crippen MR) is 91.0 cm³/mol. The summed E-state index contributed by atoms with van der Waals surface area (Å²) in [6.45, 7) is 3.53. The monoisotopic (exact) mass is 410 g/mol. The van der Waals surface area contributed by atoms with E-state index in [4.69, 9.17) is 16.3 Å². The summed E-state index contributed by atoms with van der Waals surface area (Å²) in [6.07, 6.45) is -0.00635. The van der Waals surface area contributed by atoms with Crippen LogP contribution in [-0.2, 0) is 9.84 Å². The number of hydrogen-bond acceptors (Lipinski definition) is 3. The molecule has 0 unspecified atom stereocenters. The molecule has 1 aliphatic rings. The van der Waals surface area contributed by atoms with E-state index >= 15 is 0 Å². The summed E-state index contributed by atoms with van der Waals surface area (Å²) < 4.78 is 83.1. The first kappa shape index (κ1) is 20.5. The van der Waals surface area contributed by atoms with Gasteiger partial charge in [-0.25, -0.2) is 26.0 Å². The summed E-state index contributed by atoms with van der Waals surface area (Å²) in [7, 11) is -4.30. The second-order valence-corrected chi connectivity index (χ2v) is 8.14. The van der Waals surface area contributed by atoms with Gasteiger partial charge in [0, 0.05) is 28.8 Å². The average molecular weight is 411 g/mol. The topological polar surface area (TPSA) is 43.4 Å². The maximum Gasteiger partial charge on any atom is 0.252 e. The Hall–Kier alpha value is -1.80. The highest BCUT2D eigenvalue weighted by atomic mass is 35.5. The number of ether oxygens (including phenoxy) is 1. The van der Waals surface area contributed by atoms with Crippen molar-refractivity contribution in [2.75, 3.05) is 6.01 Å². The summed E-state index contributed by atoms with van der Waals surface area (Å²) in [5, 5.41) is 0.0239. The van der Waals surface area contributed by atoms with E-state index in [1.54, 1.807) is 0 Å².